The molecule has 0 amide bonds. The minimum atomic E-state index is -0.938. The van der Waals surface area contributed by atoms with E-state index in [0.717, 1.165) is 21.4 Å². The molecular formula is C13H9ClO2S. The average molecular weight is 265 g/mol. The second kappa shape index (κ2) is 5.17. The van der Waals surface area contributed by atoms with E-state index in [1.165, 1.54) is 0 Å². The first-order chi connectivity index (χ1) is 8.15. The molecule has 0 saturated carbocycles. The fourth-order valence-electron chi connectivity index (χ4n) is 1.37. The standard InChI is InChI=1S/C13H9ClO2S/c14-10-3-1-9(2-4-10)12-7-5-11(17-12)6-8-13(15)16/h1-8H,(H,15,16). The van der Waals surface area contributed by atoms with Crippen LogP contribution in [0, 0.1) is 0 Å². The maximum atomic E-state index is 10.4. The Morgan fingerprint density at radius 3 is 2.53 bits per heavy atom. The largest absolute Gasteiger partial charge is 0.478 e. The summed E-state index contributed by atoms with van der Waals surface area (Å²) < 4.78 is 0. The molecule has 1 N–H and O–H groups in total. The van der Waals surface area contributed by atoms with Gasteiger partial charge in [-0.15, -0.1) is 11.3 Å². The van der Waals surface area contributed by atoms with E-state index >= 15 is 0 Å². The molecule has 1 aromatic heterocycles. The first-order valence-electron chi connectivity index (χ1n) is 4.92. The lowest BCUT2D eigenvalue weighted by atomic mass is 10.2. The van der Waals surface area contributed by atoms with Crippen molar-refractivity contribution in [2.45, 2.75) is 0 Å². The van der Waals surface area contributed by atoms with Crippen LogP contribution in [0.15, 0.2) is 42.5 Å². The second-order valence-corrected chi connectivity index (χ2v) is 4.93. The Morgan fingerprint density at radius 1 is 1.18 bits per heavy atom. The molecule has 0 bridgehead atoms. The molecule has 1 aromatic carbocycles. The maximum absolute atomic E-state index is 10.4. The summed E-state index contributed by atoms with van der Waals surface area (Å²) in [5, 5.41) is 9.24. The number of rotatable bonds is 3. The molecule has 0 fully saturated rings. The summed E-state index contributed by atoms with van der Waals surface area (Å²) in [4.78, 5) is 12.4. The Morgan fingerprint density at radius 2 is 1.88 bits per heavy atom. The van der Waals surface area contributed by atoms with Gasteiger partial charge in [0.05, 0.1) is 0 Å². The molecule has 17 heavy (non-hydrogen) atoms. The van der Waals surface area contributed by atoms with Gasteiger partial charge in [0, 0.05) is 20.9 Å². The van der Waals surface area contributed by atoms with Crippen LogP contribution in [0.4, 0.5) is 0 Å². The summed E-state index contributed by atoms with van der Waals surface area (Å²) in [6.07, 6.45) is 2.73. The zero-order chi connectivity index (χ0) is 12.3. The summed E-state index contributed by atoms with van der Waals surface area (Å²) in [5.41, 5.74) is 1.08. The van der Waals surface area contributed by atoms with Crippen LogP contribution in [-0.4, -0.2) is 11.1 Å². The van der Waals surface area contributed by atoms with Crippen molar-refractivity contribution >= 4 is 35.0 Å². The molecule has 0 atom stereocenters. The highest BCUT2D eigenvalue weighted by Gasteiger charge is 2.01. The van der Waals surface area contributed by atoms with Crippen LogP contribution in [0.25, 0.3) is 16.5 Å². The average Bonchev–Trinajstić information content (AvgIpc) is 2.76. The van der Waals surface area contributed by atoms with E-state index in [9.17, 15) is 4.79 Å². The Balaban J connectivity index is 2.23. The highest BCUT2D eigenvalue weighted by molar-refractivity contribution is 7.16. The Labute approximate surface area is 108 Å². The van der Waals surface area contributed by atoms with Gasteiger partial charge in [-0.25, -0.2) is 4.79 Å². The predicted octanol–water partition coefficient (Wildman–Crippen LogP) is 4.17. The van der Waals surface area contributed by atoms with Gasteiger partial charge in [0.15, 0.2) is 0 Å². The third-order valence-electron chi connectivity index (χ3n) is 2.15. The third kappa shape index (κ3) is 3.19. The van der Waals surface area contributed by atoms with Gasteiger partial charge in [0.1, 0.15) is 0 Å². The number of aliphatic carboxylic acids is 1. The molecule has 0 aliphatic rings. The molecule has 2 nitrogen and oxygen atoms in total. The topological polar surface area (TPSA) is 37.3 Å². The number of thiophene rings is 1. The van der Waals surface area contributed by atoms with Crippen LogP contribution >= 0.6 is 22.9 Å². The van der Waals surface area contributed by atoms with E-state index < -0.39 is 5.97 Å². The zero-order valence-corrected chi connectivity index (χ0v) is 10.3. The van der Waals surface area contributed by atoms with Gasteiger partial charge in [-0.1, -0.05) is 23.7 Å². The maximum Gasteiger partial charge on any atom is 0.328 e. The smallest absolute Gasteiger partial charge is 0.328 e. The number of carbonyl (C=O) groups is 1. The lowest BCUT2D eigenvalue weighted by Crippen LogP contribution is -1.84. The highest BCUT2D eigenvalue weighted by Crippen LogP contribution is 2.29. The van der Waals surface area contributed by atoms with Gasteiger partial charge in [0.25, 0.3) is 0 Å². The van der Waals surface area contributed by atoms with E-state index in [4.69, 9.17) is 16.7 Å². The van der Waals surface area contributed by atoms with Crippen LogP contribution in [0.1, 0.15) is 4.88 Å². The van der Waals surface area contributed by atoms with Crippen LogP contribution in [0.3, 0.4) is 0 Å². The van der Waals surface area contributed by atoms with E-state index in [-0.39, 0.29) is 0 Å². The molecule has 2 aromatic rings. The van der Waals surface area contributed by atoms with Crippen LogP contribution in [0.5, 0.6) is 0 Å². The van der Waals surface area contributed by atoms with Gasteiger partial charge in [-0.3, -0.25) is 0 Å². The summed E-state index contributed by atoms with van der Waals surface area (Å²) in [6.45, 7) is 0. The molecular weight excluding hydrogens is 256 g/mol. The lowest BCUT2D eigenvalue weighted by molar-refractivity contribution is -0.131. The summed E-state index contributed by atoms with van der Waals surface area (Å²) in [5.74, 6) is -0.938. The molecule has 0 unspecified atom stereocenters. The summed E-state index contributed by atoms with van der Waals surface area (Å²) >= 11 is 7.36. The van der Waals surface area contributed by atoms with Crippen molar-refractivity contribution in [3.05, 3.63) is 52.4 Å². The van der Waals surface area contributed by atoms with Gasteiger partial charge >= 0.3 is 5.97 Å². The first kappa shape index (κ1) is 11.9. The molecule has 4 heteroatoms. The van der Waals surface area contributed by atoms with Crippen LogP contribution in [0.2, 0.25) is 5.02 Å². The first-order valence-corrected chi connectivity index (χ1v) is 6.11. The van der Waals surface area contributed by atoms with E-state index in [2.05, 4.69) is 0 Å². The van der Waals surface area contributed by atoms with Gasteiger partial charge < -0.3 is 5.11 Å². The van der Waals surface area contributed by atoms with Crippen LogP contribution < -0.4 is 0 Å². The van der Waals surface area contributed by atoms with Crippen molar-refractivity contribution in [2.24, 2.45) is 0 Å². The van der Waals surface area contributed by atoms with Crippen molar-refractivity contribution < 1.29 is 9.90 Å². The van der Waals surface area contributed by atoms with Crippen LogP contribution in [-0.2, 0) is 4.79 Å². The predicted molar refractivity (Wildman–Crippen MR) is 71.4 cm³/mol. The Hall–Kier alpha value is -1.58. The lowest BCUT2D eigenvalue weighted by Gasteiger charge is -1.96. The van der Waals surface area contributed by atoms with Crippen molar-refractivity contribution in [2.75, 3.05) is 0 Å². The third-order valence-corrected chi connectivity index (χ3v) is 3.50. The van der Waals surface area contributed by atoms with E-state index in [1.54, 1.807) is 17.4 Å². The number of carboxylic acid groups (broad SMARTS) is 1. The number of halogens is 1. The van der Waals surface area contributed by atoms with Crippen molar-refractivity contribution in [1.82, 2.24) is 0 Å². The van der Waals surface area contributed by atoms with Gasteiger partial charge in [0.2, 0.25) is 0 Å². The van der Waals surface area contributed by atoms with E-state index in [1.807, 2.05) is 36.4 Å². The molecule has 2 rings (SSSR count). The molecule has 86 valence electrons. The number of hydrogen-bond acceptors (Lipinski definition) is 2. The molecule has 0 radical (unpaired) electrons. The fraction of sp³-hybridized carbons (Fsp3) is 0. The highest BCUT2D eigenvalue weighted by atomic mass is 35.5. The monoisotopic (exact) mass is 264 g/mol. The van der Waals surface area contributed by atoms with Crippen molar-refractivity contribution in [1.29, 1.82) is 0 Å². The molecule has 1 heterocycles. The summed E-state index contributed by atoms with van der Waals surface area (Å²) in [6, 6.07) is 11.4. The minimum absolute atomic E-state index is 0.705. The Bertz CT molecular complexity index is 555. The number of benzene rings is 1. The van der Waals surface area contributed by atoms with Gasteiger partial charge in [-0.2, -0.15) is 0 Å². The molecule has 0 aliphatic heterocycles. The SMILES string of the molecule is O=C(O)C=Cc1ccc(-c2ccc(Cl)cc2)s1. The molecule has 0 spiro atoms. The van der Waals surface area contributed by atoms with Gasteiger partial charge in [-0.05, 0) is 35.9 Å². The minimum Gasteiger partial charge on any atom is -0.478 e. The van der Waals surface area contributed by atoms with E-state index in [0.29, 0.717) is 5.02 Å². The number of carboxylic acids is 1. The zero-order valence-electron chi connectivity index (χ0n) is 8.76. The van der Waals surface area contributed by atoms with Crippen molar-refractivity contribution in [3.63, 3.8) is 0 Å². The normalized spacial score (nSPS) is 10.9. The molecule has 0 aliphatic carbocycles. The van der Waals surface area contributed by atoms with Crippen molar-refractivity contribution in [3.8, 4) is 10.4 Å². The molecule has 0 saturated heterocycles. The fourth-order valence-corrected chi connectivity index (χ4v) is 2.41. The second-order valence-electron chi connectivity index (χ2n) is 3.38. The number of hydrogen-bond donors (Lipinski definition) is 1. The summed E-state index contributed by atoms with van der Waals surface area (Å²) in [7, 11) is 0. The quantitative estimate of drug-likeness (QED) is 0.845. The Kier molecular flexibility index (Phi) is 3.61.